The Bertz CT molecular complexity index is 137. The molecule has 6 heteroatoms. The average molecular weight is 121 g/mol. The lowest BCUT2D eigenvalue weighted by atomic mass is 11.0. The van der Waals surface area contributed by atoms with Crippen molar-refractivity contribution in [3.05, 3.63) is 0 Å². The topological polar surface area (TPSA) is 98.7 Å². The smallest absolute Gasteiger partial charge is 0.412 e. The van der Waals surface area contributed by atoms with Gasteiger partial charge in [0.15, 0.2) is 1.41 Å². The molecule has 0 radical (unpaired) electrons. The summed E-state index contributed by atoms with van der Waals surface area (Å²) in [6.07, 6.45) is -1.76. The first-order chi connectivity index (χ1) is 4.09. The molecule has 0 saturated heterocycles. The molecule has 0 aliphatic carbocycles. The molecule has 0 atom stereocenters. The second kappa shape index (κ2) is 2.80. The molecule has 0 aromatic heterocycles. The number of hydrogen-bond acceptors (Lipinski definition) is 3. The molecular weight excluding hydrogens is 116 g/mol. The highest BCUT2D eigenvalue weighted by Gasteiger charge is 1.99. The van der Waals surface area contributed by atoms with Crippen LogP contribution in [-0.4, -0.2) is 22.4 Å². The fourth-order valence-corrected chi connectivity index (χ4v) is 0.112. The van der Waals surface area contributed by atoms with Crippen molar-refractivity contribution in [2.24, 2.45) is 0 Å². The molecule has 4 N–H and O–H groups in total. The largest absolute Gasteiger partial charge is 0.465 e. The molecule has 6 nitrogen and oxygen atoms in total. The van der Waals surface area contributed by atoms with Crippen LogP contribution in [0.3, 0.4) is 0 Å². The number of carbonyl (C=O) groups excluding carboxylic acids is 1. The van der Waals surface area contributed by atoms with E-state index < -0.39 is 17.4 Å². The van der Waals surface area contributed by atoms with E-state index in [1.165, 1.54) is 0 Å². The van der Waals surface area contributed by atoms with Gasteiger partial charge in [0.2, 0.25) is 0 Å². The van der Waals surface area contributed by atoms with E-state index in [0.29, 0.717) is 0 Å². The Morgan fingerprint density at radius 2 is 2.12 bits per heavy atom. The van der Waals surface area contributed by atoms with Gasteiger partial charge in [0.25, 0.3) is 0 Å². The van der Waals surface area contributed by atoms with E-state index in [4.69, 9.17) is 11.7 Å². The van der Waals surface area contributed by atoms with Crippen LogP contribution in [0.1, 0.15) is 0 Å². The van der Waals surface area contributed by atoms with Gasteiger partial charge in [-0.25, -0.2) is 20.4 Å². The highest BCUT2D eigenvalue weighted by molar-refractivity contribution is 5.88. The first-order valence-corrected chi connectivity index (χ1v) is 1.55. The Balaban J connectivity index is 3.88. The van der Waals surface area contributed by atoms with Crippen LogP contribution in [-0.2, 0) is 0 Å². The third-order valence-corrected chi connectivity index (χ3v) is 0.293. The zero-order valence-electron chi connectivity index (χ0n) is 4.66. The van der Waals surface area contributed by atoms with Crippen molar-refractivity contribution in [2.75, 3.05) is 0 Å². The molecule has 0 bridgehead atoms. The van der Waals surface area contributed by atoms with Gasteiger partial charge >= 0.3 is 12.1 Å². The van der Waals surface area contributed by atoms with E-state index in [-0.39, 0.29) is 0 Å². The van der Waals surface area contributed by atoms with Gasteiger partial charge in [-0.3, -0.25) is 5.21 Å². The Morgan fingerprint density at radius 3 is 2.25 bits per heavy atom. The second-order valence-corrected chi connectivity index (χ2v) is 0.811. The van der Waals surface area contributed by atoms with Gasteiger partial charge in [-0.2, -0.15) is 0 Å². The third-order valence-electron chi connectivity index (χ3n) is 0.293. The van der Waals surface area contributed by atoms with Crippen LogP contribution in [0.4, 0.5) is 9.59 Å². The summed E-state index contributed by atoms with van der Waals surface area (Å²) in [4.78, 5) is 19.6. The van der Waals surface area contributed by atoms with Gasteiger partial charge in [0.05, 0.1) is 0 Å². The highest BCUT2D eigenvalue weighted by Crippen LogP contribution is 1.60. The van der Waals surface area contributed by atoms with Crippen LogP contribution in [0.2, 0.25) is 1.41 Å². The third kappa shape index (κ3) is 2.91. The molecule has 0 heterocycles. The maximum absolute atomic E-state index is 9.95. The van der Waals surface area contributed by atoms with Crippen LogP contribution < -0.4 is 10.8 Å². The molecule has 0 spiro atoms. The number of urea groups is 1. The Labute approximate surface area is 45.5 Å². The summed E-state index contributed by atoms with van der Waals surface area (Å²) in [6.45, 7) is 0. The Hall–Kier alpha value is -1.30. The predicted molar refractivity (Wildman–Crippen MR) is 21.5 cm³/mol. The average Bonchev–Trinajstić information content (AvgIpc) is 1.84. The summed E-state index contributed by atoms with van der Waals surface area (Å²) in [7, 11) is 0. The molecule has 8 heavy (non-hydrogen) atoms. The lowest BCUT2D eigenvalue weighted by molar-refractivity contribution is 0.154. The Morgan fingerprint density at radius 1 is 1.62 bits per heavy atom. The van der Waals surface area contributed by atoms with Crippen molar-refractivity contribution in [3.8, 4) is 0 Å². The maximum atomic E-state index is 9.95. The number of hydrogen-bond donors (Lipinski definition) is 4. The molecule has 3 amide bonds. The second-order valence-electron chi connectivity index (χ2n) is 0.811. The highest BCUT2D eigenvalue weighted by atomic mass is 16.5. The predicted octanol–water partition coefficient (Wildman–Crippen LogP) is -0.647. The summed E-state index contributed by atoms with van der Waals surface area (Å²) in [5.41, 5.74) is 0.965. The van der Waals surface area contributed by atoms with Crippen LogP contribution in [0.25, 0.3) is 0 Å². The maximum Gasteiger partial charge on any atom is 0.412 e. The zero-order valence-corrected chi connectivity index (χ0v) is 3.66. The van der Waals surface area contributed by atoms with E-state index in [1.54, 1.807) is 0 Å². The number of amides is 3. The molecule has 0 unspecified atom stereocenters. The van der Waals surface area contributed by atoms with Crippen LogP contribution >= 0.6 is 0 Å². The van der Waals surface area contributed by atoms with E-state index in [0.717, 1.165) is 5.48 Å². The van der Waals surface area contributed by atoms with E-state index in [2.05, 4.69) is 0 Å². The summed E-state index contributed by atoms with van der Waals surface area (Å²) in [6, 6.07) is -1.41. The fraction of sp³-hybridized carbons (Fsp3) is 0. The number of imide groups is 1. The minimum atomic E-state index is -1.76. The number of rotatable bonds is 0. The van der Waals surface area contributed by atoms with Crippen molar-refractivity contribution < 1.29 is 21.3 Å². The molecule has 0 rings (SSSR count). The molecule has 46 valence electrons. The molecule has 0 aromatic rings. The number of hydroxylamine groups is 1. The Kier molecular flexibility index (Phi) is 1.70. The van der Waals surface area contributed by atoms with E-state index in [9.17, 15) is 9.59 Å². The number of nitrogens with one attached hydrogen (secondary N) is 2. The van der Waals surface area contributed by atoms with Crippen LogP contribution in [0, 0.1) is 0 Å². The van der Waals surface area contributed by atoms with Crippen molar-refractivity contribution in [1.82, 2.24) is 10.8 Å². The minimum Gasteiger partial charge on any atom is -0.465 e. The van der Waals surface area contributed by atoms with Crippen molar-refractivity contribution >= 4 is 12.1 Å². The van der Waals surface area contributed by atoms with Gasteiger partial charge in [0, 0.05) is 0 Å². The lowest BCUT2D eigenvalue weighted by Gasteiger charge is -1.92. The van der Waals surface area contributed by atoms with Gasteiger partial charge in [0.1, 0.15) is 0 Å². The van der Waals surface area contributed by atoms with Crippen LogP contribution in [0.5, 0.6) is 0 Å². The number of carbonyl (C=O) groups is 2. The summed E-state index contributed by atoms with van der Waals surface area (Å²) < 4.78 is 6.29. The van der Waals surface area contributed by atoms with Gasteiger partial charge in [-0.05, 0) is 0 Å². The van der Waals surface area contributed by atoms with Gasteiger partial charge in [-0.15, -0.1) is 0 Å². The molecule has 0 saturated carbocycles. The first-order valence-electron chi connectivity index (χ1n) is 2.00. The summed E-state index contributed by atoms with van der Waals surface area (Å²) >= 11 is 0. The van der Waals surface area contributed by atoms with Crippen LogP contribution in [0.15, 0.2) is 0 Å². The molecule has 0 aliphatic rings. The first kappa shape index (κ1) is 4.85. The fourth-order valence-electron chi connectivity index (χ4n) is 0.112. The molecule has 0 fully saturated rings. The monoisotopic (exact) mass is 121 g/mol. The number of carboxylic acid groups (broad SMARTS) is 1. The quantitative estimate of drug-likeness (QED) is 0.253. The van der Waals surface area contributed by atoms with E-state index in [1.807, 2.05) is 0 Å². The summed E-state index contributed by atoms with van der Waals surface area (Å²) in [5.74, 6) is 0. The molecular formula is C2H4N2O4. The molecule has 0 aromatic carbocycles. The zero-order chi connectivity index (χ0) is 7.44. The van der Waals surface area contributed by atoms with Crippen molar-refractivity contribution in [2.45, 2.75) is 0 Å². The van der Waals surface area contributed by atoms with Gasteiger partial charge < -0.3 is 5.11 Å². The SMILES string of the molecule is [2H]N(C(=O)O)C(=O)NO. The normalized spacial score (nSPS) is 9.38. The minimum absolute atomic E-state index is 0.444. The van der Waals surface area contributed by atoms with Gasteiger partial charge in [-0.1, -0.05) is 0 Å². The van der Waals surface area contributed by atoms with Crippen molar-refractivity contribution in [1.29, 1.82) is 0 Å². The standard InChI is InChI=1S/C2H4N2O4/c5-1(4-8)3-2(6)7/h8H,(H,6,7)(H2,3,4,5)/i/hD. The molecule has 0 aliphatic heterocycles. The lowest BCUT2D eigenvalue weighted by Crippen LogP contribution is -2.36. The summed E-state index contributed by atoms with van der Waals surface area (Å²) in [5, 5.41) is 15.1. The van der Waals surface area contributed by atoms with Crippen molar-refractivity contribution in [3.63, 3.8) is 0 Å². The van der Waals surface area contributed by atoms with E-state index >= 15 is 0 Å².